The highest BCUT2D eigenvalue weighted by molar-refractivity contribution is 5.38. The molecule has 0 aromatic rings. The van der Waals surface area contributed by atoms with Gasteiger partial charge in [0.25, 0.3) is 0 Å². The van der Waals surface area contributed by atoms with Crippen molar-refractivity contribution in [3.63, 3.8) is 0 Å². The van der Waals surface area contributed by atoms with Crippen LogP contribution in [-0.4, -0.2) is 50.5 Å². The molecule has 4 aliphatic carbocycles. The molecule has 146 valence electrons. The summed E-state index contributed by atoms with van der Waals surface area (Å²) in [4.78, 5) is 0. The normalized spacial score (nSPS) is 55.7. The number of rotatable bonds is 2. The van der Waals surface area contributed by atoms with Gasteiger partial charge in [0.05, 0.1) is 17.8 Å². The zero-order valence-electron chi connectivity index (χ0n) is 15.7. The van der Waals surface area contributed by atoms with Crippen molar-refractivity contribution < 1.29 is 24.8 Å². The lowest BCUT2D eigenvalue weighted by Gasteiger charge is -2.62. The van der Waals surface area contributed by atoms with E-state index in [0.717, 1.165) is 18.4 Å². The first-order valence-corrected chi connectivity index (χ1v) is 9.90. The van der Waals surface area contributed by atoms with Gasteiger partial charge in [0.2, 0.25) is 0 Å². The molecule has 1 unspecified atom stereocenters. The van der Waals surface area contributed by atoms with Crippen LogP contribution in [0.15, 0.2) is 23.8 Å². The molecule has 5 heteroatoms. The molecule has 0 aromatic heterocycles. The Bertz CT molecular complexity index is 662. The fraction of sp³-hybridized carbons (Fsp3) is 0.810. The summed E-state index contributed by atoms with van der Waals surface area (Å²) in [7, 11) is 0. The summed E-state index contributed by atoms with van der Waals surface area (Å²) < 4.78 is 16.7. The molecule has 0 amide bonds. The van der Waals surface area contributed by atoms with E-state index >= 15 is 4.39 Å². The smallest absolute Gasteiger partial charge is 0.152 e. The monoisotopic (exact) mass is 366 g/mol. The van der Waals surface area contributed by atoms with Crippen LogP contribution in [0.2, 0.25) is 0 Å². The fourth-order valence-corrected chi connectivity index (χ4v) is 7.07. The van der Waals surface area contributed by atoms with Gasteiger partial charge >= 0.3 is 0 Å². The standard InChI is InChI=1S/C21H31FO4/c1-18-8-4-3-5-13(18)6-7-14-15-11-16(24)20(26,9-10-23)19(15,2)12-17(25)21(14,18)22/h4-5,8,14-17,23-26H,3,6-7,9-12H2,1-2H3/t14-,15-,16+,17-,18-,19-,20+,21?/m0/s1. The quantitative estimate of drug-likeness (QED) is 0.565. The van der Waals surface area contributed by atoms with E-state index in [2.05, 4.69) is 6.08 Å². The van der Waals surface area contributed by atoms with E-state index in [1.165, 1.54) is 0 Å². The fourth-order valence-electron chi connectivity index (χ4n) is 7.07. The maximum atomic E-state index is 16.7. The Labute approximate surface area is 154 Å². The lowest BCUT2D eigenvalue weighted by molar-refractivity contribution is -0.226. The average molecular weight is 366 g/mol. The van der Waals surface area contributed by atoms with Crippen LogP contribution in [0.3, 0.4) is 0 Å². The van der Waals surface area contributed by atoms with Crippen LogP contribution in [0.5, 0.6) is 0 Å². The molecule has 4 aliphatic rings. The third-order valence-corrected chi connectivity index (χ3v) is 8.60. The highest BCUT2D eigenvalue weighted by Gasteiger charge is 2.74. The van der Waals surface area contributed by atoms with Crippen molar-refractivity contribution in [1.29, 1.82) is 0 Å². The van der Waals surface area contributed by atoms with Gasteiger partial charge in [-0.05, 0) is 44.9 Å². The van der Waals surface area contributed by atoms with Crippen molar-refractivity contribution >= 4 is 0 Å². The zero-order valence-corrected chi connectivity index (χ0v) is 15.7. The van der Waals surface area contributed by atoms with Gasteiger partial charge in [-0.1, -0.05) is 30.7 Å². The Hall–Kier alpha value is -0.750. The summed E-state index contributed by atoms with van der Waals surface area (Å²) in [6.45, 7) is 3.50. The second kappa shape index (κ2) is 5.63. The van der Waals surface area contributed by atoms with Gasteiger partial charge in [-0.3, -0.25) is 0 Å². The lowest BCUT2D eigenvalue weighted by Crippen LogP contribution is -2.68. The van der Waals surface area contributed by atoms with Gasteiger partial charge in [-0.25, -0.2) is 4.39 Å². The van der Waals surface area contributed by atoms with Gasteiger partial charge in [-0.2, -0.15) is 0 Å². The Morgan fingerprint density at radius 2 is 1.92 bits per heavy atom. The number of hydrogen-bond acceptors (Lipinski definition) is 4. The summed E-state index contributed by atoms with van der Waals surface area (Å²) in [6.07, 6.45) is 6.40. The highest BCUT2D eigenvalue weighted by Crippen LogP contribution is 2.70. The van der Waals surface area contributed by atoms with E-state index in [-0.39, 0.29) is 25.4 Å². The SMILES string of the molecule is C[C@]12C=CCC=C1CC[C@H]1[C@@H]3C[C@@H](O)[C@](O)(CCO)[C@@]3(C)C[C@H](O)C12F. The first-order chi connectivity index (χ1) is 12.1. The van der Waals surface area contributed by atoms with Crippen LogP contribution < -0.4 is 0 Å². The predicted molar refractivity (Wildman–Crippen MR) is 96.0 cm³/mol. The van der Waals surface area contributed by atoms with Crippen LogP contribution in [0.1, 0.15) is 52.4 Å². The molecule has 0 bridgehead atoms. The number of fused-ring (bicyclic) bond motifs is 5. The molecule has 4 rings (SSSR count). The zero-order chi connectivity index (χ0) is 19.0. The number of aliphatic hydroxyl groups is 4. The van der Waals surface area contributed by atoms with Crippen molar-refractivity contribution in [2.24, 2.45) is 22.7 Å². The molecule has 3 saturated carbocycles. The van der Waals surface area contributed by atoms with Gasteiger partial charge in [0, 0.05) is 29.8 Å². The Morgan fingerprint density at radius 1 is 1.19 bits per heavy atom. The second-order valence-corrected chi connectivity index (χ2v) is 9.38. The molecule has 0 radical (unpaired) electrons. The third-order valence-electron chi connectivity index (χ3n) is 8.60. The lowest BCUT2D eigenvalue weighted by atomic mass is 9.44. The molecule has 0 spiro atoms. The van der Waals surface area contributed by atoms with Crippen LogP contribution in [0.4, 0.5) is 4.39 Å². The summed E-state index contributed by atoms with van der Waals surface area (Å²) in [5.41, 5.74) is -3.88. The highest BCUT2D eigenvalue weighted by atomic mass is 19.1. The summed E-state index contributed by atoms with van der Waals surface area (Å²) in [5, 5.41) is 42.4. The van der Waals surface area contributed by atoms with Gasteiger partial charge in [-0.15, -0.1) is 0 Å². The minimum atomic E-state index is -1.80. The van der Waals surface area contributed by atoms with Crippen LogP contribution in [-0.2, 0) is 0 Å². The minimum absolute atomic E-state index is 0.0439. The van der Waals surface area contributed by atoms with Crippen LogP contribution >= 0.6 is 0 Å². The molecule has 0 aliphatic heterocycles. The first kappa shape index (κ1) is 18.6. The van der Waals surface area contributed by atoms with Crippen molar-refractivity contribution in [1.82, 2.24) is 0 Å². The molecule has 4 N–H and O–H groups in total. The predicted octanol–water partition coefficient (Wildman–Crippen LogP) is 2.26. The Kier molecular flexibility index (Phi) is 4.03. The van der Waals surface area contributed by atoms with Gasteiger partial charge < -0.3 is 20.4 Å². The molecular weight excluding hydrogens is 335 g/mol. The Balaban J connectivity index is 1.81. The van der Waals surface area contributed by atoms with E-state index in [1.807, 2.05) is 26.0 Å². The summed E-state index contributed by atoms with van der Waals surface area (Å²) >= 11 is 0. The van der Waals surface area contributed by atoms with Crippen molar-refractivity contribution in [2.75, 3.05) is 6.61 Å². The van der Waals surface area contributed by atoms with Crippen LogP contribution in [0, 0.1) is 22.7 Å². The summed E-state index contributed by atoms with van der Waals surface area (Å²) in [5.74, 6) is -0.653. The van der Waals surface area contributed by atoms with E-state index in [0.29, 0.717) is 12.8 Å². The molecule has 26 heavy (non-hydrogen) atoms. The van der Waals surface area contributed by atoms with Crippen LogP contribution in [0.25, 0.3) is 0 Å². The summed E-state index contributed by atoms with van der Waals surface area (Å²) in [6, 6.07) is 0. The van der Waals surface area contributed by atoms with E-state index < -0.39 is 40.2 Å². The number of halogens is 1. The molecule has 3 fully saturated rings. The second-order valence-electron chi connectivity index (χ2n) is 9.38. The van der Waals surface area contributed by atoms with Crippen molar-refractivity contribution in [3.8, 4) is 0 Å². The Morgan fingerprint density at radius 3 is 2.62 bits per heavy atom. The molecule has 0 aromatic carbocycles. The minimum Gasteiger partial charge on any atom is -0.396 e. The number of hydrogen-bond donors (Lipinski definition) is 4. The van der Waals surface area contributed by atoms with Crippen molar-refractivity contribution in [2.45, 2.75) is 75.9 Å². The largest absolute Gasteiger partial charge is 0.396 e. The maximum Gasteiger partial charge on any atom is 0.152 e. The number of allylic oxidation sites excluding steroid dienone is 4. The maximum absolute atomic E-state index is 16.7. The number of alkyl halides is 1. The van der Waals surface area contributed by atoms with E-state index in [9.17, 15) is 20.4 Å². The van der Waals surface area contributed by atoms with Gasteiger partial charge in [0.1, 0.15) is 0 Å². The van der Waals surface area contributed by atoms with Gasteiger partial charge in [0.15, 0.2) is 5.67 Å². The molecule has 0 saturated heterocycles. The average Bonchev–Trinajstić information content (AvgIpc) is 2.77. The molecule has 0 heterocycles. The van der Waals surface area contributed by atoms with E-state index in [4.69, 9.17) is 0 Å². The first-order valence-electron chi connectivity index (χ1n) is 9.90. The van der Waals surface area contributed by atoms with Crippen molar-refractivity contribution in [3.05, 3.63) is 23.8 Å². The molecular formula is C21H31FO4. The molecule has 4 nitrogen and oxygen atoms in total. The third kappa shape index (κ3) is 1.93. The topological polar surface area (TPSA) is 80.9 Å². The molecule has 8 atom stereocenters. The number of aliphatic hydroxyl groups excluding tert-OH is 3. The van der Waals surface area contributed by atoms with E-state index in [1.54, 1.807) is 0 Å².